The van der Waals surface area contributed by atoms with Gasteiger partial charge in [0.1, 0.15) is 5.54 Å². The van der Waals surface area contributed by atoms with Crippen LogP contribution in [0.4, 0.5) is 0 Å². The van der Waals surface area contributed by atoms with E-state index in [0.717, 1.165) is 19.5 Å². The molecule has 1 N–H and O–H groups in total. The van der Waals surface area contributed by atoms with Gasteiger partial charge in [0.25, 0.3) is 0 Å². The third-order valence-corrected chi connectivity index (χ3v) is 3.78. The Morgan fingerprint density at radius 2 is 1.60 bits per heavy atom. The molecule has 2 unspecified atom stereocenters. The van der Waals surface area contributed by atoms with E-state index in [-0.39, 0.29) is 0 Å². The van der Waals surface area contributed by atoms with Gasteiger partial charge >= 0.3 is 0 Å². The maximum atomic E-state index is 9.49. The largest absolute Gasteiger partial charge is 0.301 e. The normalized spacial score (nSPS) is 16.1. The fourth-order valence-corrected chi connectivity index (χ4v) is 2.77. The van der Waals surface area contributed by atoms with Crippen LogP contribution in [0.2, 0.25) is 0 Å². The number of hydrogen-bond acceptors (Lipinski definition) is 3. The lowest BCUT2D eigenvalue weighted by Gasteiger charge is -2.35. The zero-order valence-electron chi connectivity index (χ0n) is 14.5. The lowest BCUT2D eigenvalue weighted by Crippen LogP contribution is -2.50. The van der Waals surface area contributed by atoms with Crippen LogP contribution in [0.3, 0.4) is 0 Å². The van der Waals surface area contributed by atoms with Crippen LogP contribution >= 0.6 is 0 Å². The Labute approximate surface area is 126 Å². The van der Waals surface area contributed by atoms with Crippen LogP contribution in [0.15, 0.2) is 0 Å². The molecule has 0 bridgehead atoms. The van der Waals surface area contributed by atoms with Crippen LogP contribution in [0.25, 0.3) is 0 Å². The summed E-state index contributed by atoms with van der Waals surface area (Å²) in [6.07, 6.45) is 5.84. The van der Waals surface area contributed by atoms with Gasteiger partial charge in [-0.25, -0.2) is 0 Å². The van der Waals surface area contributed by atoms with Gasteiger partial charge in [0.05, 0.1) is 6.07 Å². The second-order valence-corrected chi connectivity index (χ2v) is 6.54. The molecule has 0 fully saturated rings. The van der Waals surface area contributed by atoms with Gasteiger partial charge in [-0.1, -0.05) is 26.7 Å². The highest BCUT2D eigenvalue weighted by Crippen LogP contribution is 2.18. The van der Waals surface area contributed by atoms with E-state index in [1.165, 1.54) is 25.7 Å². The molecule has 0 amide bonds. The zero-order chi connectivity index (χ0) is 15.6. The molecule has 0 spiro atoms. The Hall–Kier alpha value is -0.590. The molecule has 118 valence electrons. The van der Waals surface area contributed by atoms with Crippen molar-refractivity contribution >= 4 is 0 Å². The number of nitriles is 1. The summed E-state index contributed by atoms with van der Waals surface area (Å²) in [4.78, 5) is 2.56. The van der Waals surface area contributed by atoms with Crippen molar-refractivity contribution in [1.82, 2.24) is 10.2 Å². The van der Waals surface area contributed by atoms with Crippen LogP contribution in [-0.2, 0) is 0 Å². The van der Waals surface area contributed by atoms with Gasteiger partial charge in [0, 0.05) is 12.1 Å². The van der Waals surface area contributed by atoms with E-state index in [1.807, 2.05) is 6.92 Å². The molecule has 0 aliphatic rings. The van der Waals surface area contributed by atoms with E-state index < -0.39 is 5.54 Å². The second-order valence-electron chi connectivity index (χ2n) is 6.54. The summed E-state index contributed by atoms with van der Waals surface area (Å²) in [6.45, 7) is 15.3. The summed E-state index contributed by atoms with van der Waals surface area (Å²) in [7, 11) is 0. The number of hydrogen-bond donors (Lipinski definition) is 1. The van der Waals surface area contributed by atoms with E-state index in [9.17, 15) is 5.26 Å². The first kappa shape index (κ1) is 19.4. The Bertz CT molecular complexity index is 274. The van der Waals surface area contributed by atoms with Gasteiger partial charge in [-0.05, 0) is 60.0 Å². The monoisotopic (exact) mass is 281 g/mol. The maximum absolute atomic E-state index is 9.49. The predicted molar refractivity (Wildman–Crippen MR) is 87.8 cm³/mol. The van der Waals surface area contributed by atoms with Crippen molar-refractivity contribution in [2.45, 2.75) is 91.3 Å². The molecule has 0 aromatic rings. The van der Waals surface area contributed by atoms with Gasteiger partial charge in [0.15, 0.2) is 0 Å². The first-order valence-electron chi connectivity index (χ1n) is 8.31. The molecule has 0 aromatic carbocycles. The Kier molecular flexibility index (Phi) is 9.88. The van der Waals surface area contributed by atoms with Crippen molar-refractivity contribution in [1.29, 1.82) is 5.26 Å². The van der Waals surface area contributed by atoms with Crippen LogP contribution in [0.1, 0.15) is 73.6 Å². The Morgan fingerprint density at radius 3 is 1.95 bits per heavy atom. The summed E-state index contributed by atoms with van der Waals surface area (Å²) < 4.78 is 0. The van der Waals surface area contributed by atoms with Gasteiger partial charge in [0.2, 0.25) is 0 Å². The van der Waals surface area contributed by atoms with Gasteiger partial charge in [-0.3, -0.25) is 5.32 Å². The molecule has 0 radical (unpaired) electrons. The van der Waals surface area contributed by atoms with Crippen molar-refractivity contribution in [3.8, 4) is 6.07 Å². The molecule has 0 heterocycles. The molecule has 0 aliphatic heterocycles. The number of nitrogens with zero attached hydrogens (tertiary/aromatic N) is 2. The lowest BCUT2D eigenvalue weighted by molar-refractivity contribution is 0.168. The zero-order valence-corrected chi connectivity index (χ0v) is 14.5. The van der Waals surface area contributed by atoms with Gasteiger partial charge in [-0.2, -0.15) is 5.26 Å². The summed E-state index contributed by atoms with van der Waals surface area (Å²) in [6, 6.07) is 3.26. The Morgan fingerprint density at radius 1 is 1.10 bits per heavy atom. The molecule has 0 saturated heterocycles. The first-order chi connectivity index (χ1) is 9.38. The third kappa shape index (κ3) is 7.87. The fourth-order valence-electron chi connectivity index (χ4n) is 2.77. The first-order valence-corrected chi connectivity index (χ1v) is 8.31. The smallest absolute Gasteiger partial charge is 0.105 e. The van der Waals surface area contributed by atoms with E-state index in [4.69, 9.17) is 0 Å². The fraction of sp³-hybridized carbons (Fsp3) is 0.941. The summed E-state index contributed by atoms with van der Waals surface area (Å²) in [5.74, 6) is 0. The van der Waals surface area contributed by atoms with Gasteiger partial charge in [-0.15, -0.1) is 0 Å². The average Bonchev–Trinajstić information content (AvgIpc) is 2.37. The van der Waals surface area contributed by atoms with Crippen molar-refractivity contribution in [3.63, 3.8) is 0 Å². The number of rotatable bonds is 11. The highest BCUT2D eigenvalue weighted by molar-refractivity contribution is 5.06. The molecule has 20 heavy (non-hydrogen) atoms. The summed E-state index contributed by atoms with van der Waals surface area (Å²) in [5.41, 5.74) is -0.426. The van der Waals surface area contributed by atoms with Crippen molar-refractivity contribution in [2.75, 3.05) is 13.1 Å². The minimum absolute atomic E-state index is 0.339. The highest BCUT2D eigenvalue weighted by atomic mass is 15.2. The van der Waals surface area contributed by atoms with Crippen LogP contribution < -0.4 is 5.32 Å². The summed E-state index contributed by atoms with van der Waals surface area (Å²) in [5, 5.41) is 12.9. The topological polar surface area (TPSA) is 39.1 Å². The molecule has 0 saturated carbocycles. The standard InChI is InChI=1S/C17H35N3/c1-7-9-11-20(12-10-8-2)16(5)13-17(6,14-18)19-15(3)4/h15-16,19H,7-13H2,1-6H3. The third-order valence-electron chi connectivity index (χ3n) is 3.78. The number of unbranched alkanes of at least 4 members (excludes halogenated alkanes) is 2. The second kappa shape index (κ2) is 10.2. The highest BCUT2D eigenvalue weighted by Gasteiger charge is 2.29. The molecule has 2 atom stereocenters. The minimum Gasteiger partial charge on any atom is -0.301 e. The predicted octanol–water partition coefficient (Wildman–Crippen LogP) is 3.95. The van der Waals surface area contributed by atoms with E-state index >= 15 is 0 Å². The number of nitrogens with one attached hydrogen (secondary N) is 1. The van der Waals surface area contributed by atoms with Crippen LogP contribution in [0.5, 0.6) is 0 Å². The van der Waals surface area contributed by atoms with E-state index in [1.54, 1.807) is 0 Å². The van der Waals surface area contributed by atoms with Crippen LogP contribution in [-0.4, -0.2) is 35.6 Å². The molecular weight excluding hydrogens is 246 g/mol. The Balaban J connectivity index is 4.61. The molecule has 0 aliphatic carbocycles. The SMILES string of the molecule is CCCCN(CCCC)C(C)CC(C)(C#N)NC(C)C. The van der Waals surface area contributed by atoms with E-state index in [0.29, 0.717) is 12.1 Å². The van der Waals surface area contributed by atoms with Crippen LogP contribution in [0, 0.1) is 11.3 Å². The molecular formula is C17H35N3. The maximum Gasteiger partial charge on any atom is 0.105 e. The van der Waals surface area contributed by atoms with Crippen molar-refractivity contribution in [3.05, 3.63) is 0 Å². The molecule has 3 nitrogen and oxygen atoms in total. The molecule has 0 aromatic heterocycles. The summed E-state index contributed by atoms with van der Waals surface area (Å²) >= 11 is 0. The quantitative estimate of drug-likeness (QED) is 0.623. The minimum atomic E-state index is -0.426. The lowest BCUT2D eigenvalue weighted by atomic mass is 9.93. The van der Waals surface area contributed by atoms with E-state index in [2.05, 4.69) is 50.9 Å². The van der Waals surface area contributed by atoms with Crippen molar-refractivity contribution in [2.24, 2.45) is 0 Å². The van der Waals surface area contributed by atoms with Gasteiger partial charge < -0.3 is 4.90 Å². The molecule has 0 rings (SSSR count). The molecule has 3 heteroatoms. The average molecular weight is 281 g/mol. The van der Waals surface area contributed by atoms with Crippen molar-refractivity contribution < 1.29 is 0 Å².